The molecule has 0 saturated heterocycles. The van der Waals surface area contributed by atoms with Crippen molar-refractivity contribution in [2.24, 2.45) is 0 Å². The molecule has 0 aliphatic heterocycles. The third kappa shape index (κ3) is 4.83. The number of aromatic hydroxyl groups is 1. The van der Waals surface area contributed by atoms with Crippen LogP contribution in [0.5, 0.6) is 5.75 Å². The van der Waals surface area contributed by atoms with Crippen LogP contribution >= 0.6 is 11.8 Å². The van der Waals surface area contributed by atoms with Gasteiger partial charge in [0, 0.05) is 24.9 Å². The van der Waals surface area contributed by atoms with Gasteiger partial charge in [0.25, 0.3) is 0 Å². The highest BCUT2D eigenvalue weighted by molar-refractivity contribution is 7.99. The van der Waals surface area contributed by atoms with Gasteiger partial charge in [-0.15, -0.1) is 0 Å². The average molecular weight is 322 g/mol. The van der Waals surface area contributed by atoms with Crippen molar-refractivity contribution < 1.29 is 9.90 Å². The molecular formula is C17H26N2O2S. The first-order valence-electron chi connectivity index (χ1n) is 7.91. The fraction of sp³-hybridized carbons (Fsp3) is 0.588. The number of hydrogen-bond donors (Lipinski definition) is 2. The molecule has 1 saturated carbocycles. The summed E-state index contributed by atoms with van der Waals surface area (Å²) in [5.41, 5.74) is 1.18. The van der Waals surface area contributed by atoms with Gasteiger partial charge in [0.15, 0.2) is 0 Å². The number of carbonyl (C=O) groups is 1. The minimum Gasteiger partial charge on any atom is -0.508 e. The number of phenolic OH excluding ortho intramolecular Hbond substituents is 1. The second-order valence-electron chi connectivity index (χ2n) is 5.94. The lowest BCUT2D eigenvalue weighted by molar-refractivity contribution is 0.191. The largest absolute Gasteiger partial charge is 0.508 e. The highest BCUT2D eigenvalue weighted by Crippen LogP contribution is 2.30. The lowest BCUT2D eigenvalue weighted by atomic mass is 10.1. The van der Waals surface area contributed by atoms with Gasteiger partial charge in [0.1, 0.15) is 5.75 Å². The molecule has 0 aromatic heterocycles. The molecule has 122 valence electrons. The quantitative estimate of drug-likeness (QED) is 0.791. The third-order valence-electron chi connectivity index (χ3n) is 4.41. The number of nitrogens with one attached hydrogen (secondary N) is 1. The standard InChI is InChI=1S/C17H26N2O2S/c1-19(14-7-10-16(12-14)22-2)17(21)18-11-3-4-13-5-8-15(20)9-6-13/h5-6,8-9,14,16,20H,3-4,7,10-12H2,1-2H3,(H,18,21)/t14-,16+/m1/s1. The summed E-state index contributed by atoms with van der Waals surface area (Å²) in [7, 11) is 1.91. The molecule has 2 N–H and O–H groups in total. The van der Waals surface area contributed by atoms with Gasteiger partial charge in [-0.1, -0.05) is 12.1 Å². The number of benzene rings is 1. The summed E-state index contributed by atoms with van der Waals surface area (Å²) in [6, 6.07) is 7.66. The molecule has 1 aromatic rings. The number of amides is 2. The minimum absolute atomic E-state index is 0.0393. The Labute approximate surface area is 137 Å². The van der Waals surface area contributed by atoms with Gasteiger partial charge < -0.3 is 15.3 Å². The van der Waals surface area contributed by atoms with Gasteiger partial charge in [0.05, 0.1) is 0 Å². The van der Waals surface area contributed by atoms with E-state index in [2.05, 4.69) is 11.6 Å². The Bertz CT molecular complexity index is 478. The summed E-state index contributed by atoms with van der Waals surface area (Å²) in [4.78, 5) is 14.0. The molecule has 0 radical (unpaired) electrons. The molecule has 22 heavy (non-hydrogen) atoms. The second kappa shape index (κ2) is 8.32. The van der Waals surface area contributed by atoms with Crippen LogP contribution in [0.25, 0.3) is 0 Å². The summed E-state index contributed by atoms with van der Waals surface area (Å²) in [6.45, 7) is 0.683. The Hall–Kier alpha value is -1.36. The van der Waals surface area contributed by atoms with E-state index in [0.29, 0.717) is 23.6 Å². The molecule has 1 fully saturated rings. The maximum absolute atomic E-state index is 12.2. The summed E-state index contributed by atoms with van der Waals surface area (Å²) >= 11 is 1.91. The second-order valence-corrected chi connectivity index (χ2v) is 7.08. The molecule has 4 nitrogen and oxygen atoms in total. The van der Waals surface area contributed by atoms with Crippen LogP contribution in [0.3, 0.4) is 0 Å². The summed E-state index contributed by atoms with van der Waals surface area (Å²) < 4.78 is 0. The molecular weight excluding hydrogens is 296 g/mol. The molecule has 1 aliphatic carbocycles. The van der Waals surface area contributed by atoms with Crippen molar-refractivity contribution in [3.05, 3.63) is 29.8 Å². The first kappa shape index (κ1) is 17.0. The van der Waals surface area contributed by atoms with Crippen LogP contribution in [0.2, 0.25) is 0 Å². The summed E-state index contributed by atoms with van der Waals surface area (Å²) in [5.74, 6) is 0.291. The van der Waals surface area contributed by atoms with Crippen LogP contribution in [-0.4, -0.2) is 47.2 Å². The zero-order chi connectivity index (χ0) is 15.9. The van der Waals surface area contributed by atoms with Crippen molar-refractivity contribution >= 4 is 17.8 Å². The van der Waals surface area contributed by atoms with E-state index in [1.165, 1.54) is 12.0 Å². The zero-order valence-electron chi connectivity index (χ0n) is 13.4. The number of urea groups is 1. The normalized spacial score (nSPS) is 20.8. The van der Waals surface area contributed by atoms with E-state index in [-0.39, 0.29) is 6.03 Å². The highest BCUT2D eigenvalue weighted by atomic mass is 32.2. The first-order chi connectivity index (χ1) is 10.6. The van der Waals surface area contributed by atoms with E-state index in [9.17, 15) is 9.90 Å². The van der Waals surface area contributed by atoms with Gasteiger partial charge in [0.2, 0.25) is 0 Å². The predicted molar refractivity (Wildman–Crippen MR) is 92.5 cm³/mol. The van der Waals surface area contributed by atoms with Gasteiger partial charge in [-0.05, 0) is 56.1 Å². The Kier molecular flexibility index (Phi) is 6.43. The molecule has 2 rings (SSSR count). The van der Waals surface area contributed by atoms with Gasteiger partial charge in [-0.25, -0.2) is 4.79 Å². The number of thioether (sulfide) groups is 1. The molecule has 2 atom stereocenters. The van der Waals surface area contributed by atoms with Crippen molar-refractivity contribution in [1.82, 2.24) is 10.2 Å². The topological polar surface area (TPSA) is 52.6 Å². The molecule has 0 spiro atoms. The van der Waals surface area contributed by atoms with Crippen LogP contribution in [0.1, 0.15) is 31.2 Å². The van der Waals surface area contributed by atoms with Crippen LogP contribution in [0, 0.1) is 0 Å². The van der Waals surface area contributed by atoms with E-state index < -0.39 is 0 Å². The SMILES string of the molecule is CS[C@H]1CC[C@@H](N(C)C(=O)NCCCc2ccc(O)cc2)C1. The molecule has 0 unspecified atom stereocenters. The Morgan fingerprint density at radius 2 is 2.09 bits per heavy atom. The zero-order valence-corrected chi connectivity index (χ0v) is 14.2. The van der Waals surface area contributed by atoms with Crippen LogP contribution < -0.4 is 5.32 Å². The minimum atomic E-state index is 0.0393. The number of aryl methyl sites for hydroxylation is 1. The smallest absolute Gasteiger partial charge is 0.317 e. The lowest BCUT2D eigenvalue weighted by Gasteiger charge is -2.25. The van der Waals surface area contributed by atoms with E-state index in [0.717, 1.165) is 25.7 Å². The van der Waals surface area contributed by atoms with Crippen molar-refractivity contribution in [2.45, 2.75) is 43.4 Å². The van der Waals surface area contributed by atoms with Crippen LogP contribution in [0.15, 0.2) is 24.3 Å². The van der Waals surface area contributed by atoms with Crippen molar-refractivity contribution in [1.29, 1.82) is 0 Å². The molecule has 1 aliphatic rings. The number of phenols is 1. The summed E-state index contributed by atoms with van der Waals surface area (Å²) in [5, 5.41) is 12.9. The highest BCUT2D eigenvalue weighted by Gasteiger charge is 2.29. The van der Waals surface area contributed by atoms with E-state index >= 15 is 0 Å². The molecule has 5 heteroatoms. The molecule has 0 heterocycles. The fourth-order valence-corrected chi connectivity index (χ4v) is 3.71. The number of rotatable bonds is 6. The predicted octanol–water partition coefficient (Wildman–Crippen LogP) is 3.25. The maximum Gasteiger partial charge on any atom is 0.317 e. The third-order valence-corrected chi connectivity index (χ3v) is 5.51. The fourth-order valence-electron chi connectivity index (χ4n) is 2.92. The van der Waals surface area contributed by atoms with Crippen molar-refractivity contribution in [3.63, 3.8) is 0 Å². The van der Waals surface area contributed by atoms with Crippen LogP contribution in [-0.2, 0) is 6.42 Å². The van der Waals surface area contributed by atoms with Crippen molar-refractivity contribution in [2.75, 3.05) is 19.8 Å². The van der Waals surface area contributed by atoms with Gasteiger partial charge in [-0.3, -0.25) is 0 Å². The molecule has 2 amide bonds. The number of carbonyl (C=O) groups excluding carboxylic acids is 1. The number of nitrogens with zero attached hydrogens (tertiary/aromatic N) is 1. The molecule has 0 bridgehead atoms. The summed E-state index contributed by atoms with van der Waals surface area (Å²) in [6.07, 6.45) is 7.40. The molecule has 1 aromatic carbocycles. The monoisotopic (exact) mass is 322 g/mol. The van der Waals surface area contributed by atoms with Crippen molar-refractivity contribution in [3.8, 4) is 5.75 Å². The van der Waals surface area contributed by atoms with E-state index in [1.54, 1.807) is 12.1 Å². The van der Waals surface area contributed by atoms with Crippen LogP contribution in [0.4, 0.5) is 4.79 Å². The lowest BCUT2D eigenvalue weighted by Crippen LogP contribution is -2.43. The maximum atomic E-state index is 12.2. The van der Waals surface area contributed by atoms with E-state index in [4.69, 9.17) is 0 Å². The number of hydrogen-bond acceptors (Lipinski definition) is 3. The van der Waals surface area contributed by atoms with Gasteiger partial charge in [-0.2, -0.15) is 11.8 Å². The Balaban J connectivity index is 1.66. The average Bonchev–Trinajstić information content (AvgIpc) is 3.01. The van der Waals surface area contributed by atoms with E-state index in [1.807, 2.05) is 35.8 Å². The Morgan fingerprint density at radius 1 is 1.36 bits per heavy atom. The van der Waals surface area contributed by atoms with Gasteiger partial charge >= 0.3 is 6.03 Å². The first-order valence-corrected chi connectivity index (χ1v) is 9.20. The Morgan fingerprint density at radius 3 is 2.73 bits per heavy atom.